The first-order valence-corrected chi connectivity index (χ1v) is 9.26. The Hall–Kier alpha value is -2.14. The first-order chi connectivity index (χ1) is 12.0. The summed E-state index contributed by atoms with van der Waals surface area (Å²) < 4.78 is 11.1. The van der Waals surface area contributed by atoms with Crippen molar-refractivity contribution in [2.24, 2.45) is 0 Å². The van der Waals surface area contributed by atoms with Crippen LogP contribution >= 0.6 is 11.8 Å². The number of ether oxygens (including phenoxy) is 2. The molecule has 1 amide bonds. The van der Waals surface area contributed by atoms with Crippen molar-refractivity contribution in [3.63, 3.8) is 0 Å². The summed E-state index contributed by atoms with van der Waals surface area (Å²) in [6.45, 7) is 6.46. The summed E-state index contributed by atoms with van der Waals surface area (Å²) >= 11 is 1.53. The maximum Gasteiger partial charge on any atom is 0.230 e. The minimum Gasteiger partial charge on any atom is -0.493 e. The molecule has 1 N–H and O–H groups in total. The van der Waals surface area contributed by atoms with Gasteiger partial charge >= 0.3 is 0 Å². The lowest BCUT2D eigenvalue weighted by Gasteiger charge is -2.14. The first-order valence-electron chi connectivity index (χ1n) is 8.27. The highest BCUT2D eigenvalue weighted by Gasteiger charge is 2.09. The number of hydrogen-bond acceptors (Lipinski definition) is 4. The second kappa shape index (κ2) is 9.37. The van der Waals surface area contributed by atoms with Crippen LogP contribution in [-0.2, 0) is 11.3 Å². The Morgan fingerprint density at radius 2 is 1.84 bits per heavy atom. The molecular weight excluding hydrogens is 334 g/mol. The predicted octanol–water partition coefficient (Wildman–Crippen LogP) is 4.20. The summed E-state index contributed by atoms with van der Waals surface area (Å²) in [6, 6.07) is 13.9. The number of thioether (sulfide) groups is 1. The molecule has 5 heteroatoms. The minimum absolute atomic E-state index is 0.00653. The fourth-order valence-electron chi connectivity index (χ4n) is 2.21. The average molecular weight is 359 g/mol. The standard InChI is InChI=1S/C20H25NO3S/c1-14(2)24-18-10-7-16(11-19(18)23-4)12-21-20(22)13-25-17-8-5-15(3)6-9-17/h5-11,14H,12-13H2,1-4H3,(H,21,22). The molecule has 4 nitrogen and oxygen atoms in total. The molecule has 0 radical (unpaired) electrons. The minimum atomic E-state index is 0.00653. The maximum absolute atomic E-state index is 12.0. The van der Waals surface area contributed by atoms with E-state index in [0.29, 0.717) is 23.8 Å². The SMILES string of the molecule is COc1cc(CNC(=O)CSc2ccc(C)cc2)ccc1OC(C)C. The van der Waals surface area contributed by atoms with Crippen LogP contribution in [0.25, 0.3) is 0 Å². The van der Waals surface area contributed by atoms with E-state index in [9.17, 15) is 4.79 Å². The lowest BCUT2D eigenvalue weighted by molar-refractivity contribution is -0.118. The third-order valence-electron chi connectivity index (χ3n) is 3.47. The molecule has 0 aromatic heterocycles. The molecule has 2 aromatic rings. The Balaban J connectivity index is 1.85. The molecule has 0 spiro atoms. The quantitative estimate of drug-likeness (QED) is 0.718. The number of carbonyl (C=O) groups excluding carboxylic acids is 1. The van der Waals surface area contributed by atoms with Crippen LogP contribution in [0, 0.1) is 6.92 Å². The highest BCUT2D eigenvalue weighted by Crippen LogP contribution is 2.29. The van der Waals surface area contributed by atoms with Gasteiger partial charge in [0.1, 0.15) is 0 Å². The van der Waals surface area contributed by atoms with Crippen molar-refractivity contribution in [1.82, 2.24) is 5.32 Å². The molecule has 0 saturated carbocycles. The second-order valence-corrected chi connectivity index (χ2v) is 7.08. The Morgan fingerprint density at radius 3 is 2.48 bits per heavy atom. The van der Waals surface area contributed by atoms with E-state index in [-0.39, 0.29) is 12.0 Å². The van der Waals surface area contributed by atoms with Gasteiger partial charge in [0.25, 0.3) is 0 Å². The van der Waals surface area contributed by atoms with Gasteiger partial charge in [-0.05, 0) is 50.6 Å². The third kappa shape index (κ3) is 6.35. The Labute approximate surface area is 153 Å². The van der Waals surface area contributed by atoms with Gasteiger partial charge in [0.2, 0.25) is 5.91 Å². The maximum atomic E-state index is 12.0. The predicted molar refractivity (Wildman–Crippen MR) is 103 cm³/mol. The lowest BCUT2D eigenvalue weighted by Crippen LogP contribution is -2.24. The summed E-state index contributed by atoms with van der Waals surface area (Å²) in [5, 5.41) is 2.94. The highest BCUT2D eigenvalue weighted by atomic mass is 32.2. The number of methoxy groups -OCH3 is 1. The number of amides is 1. The van der Waals surface area contributed by atoms with Crippen molar-refractivity contribution in [2.45, 2.75) is 38.3 Å². The van der Waals surface area contributed by atoms with Crippen molar-refractivity contribution in [2.75, 3.05) is 12.9 Å². The van der Waals surface area contributed by atoms with Crippen LogP contribution in [-0.4, -0.2) is 24.9 Å². The Bertz CT molecular complexity index is 699. The molecule has 0 aliphatic rings. The molecule has 134 valence electrons. The number of nitrogens with one attached hydrogen (secondary N) is 1. The van der Waals surface area contributed by atoms with Crippen molar-refractivity contribution in [3.8, 4) is 11.5 Å². The largest absolute Gasteiger partial charge is 0.493 e. The zero-order valence-electron chi connectivity index (χ0n) is 15.2. The topological polar surface area (TPSA) is 47.6 Å². The molecule has 0 fully saturated rings. The molecule has 0 saturated heterocycles. The van der Waals surface area contributed by atoms with E-state index < -0.39 is 0 Å². The van der Waals surface area contributed by atoms with Crippen LogP contribution in [0.1, 0.15) is 25.0 Å². The number of benzene rings is 2. The number of carbonyl (C=O) groups is 1. The Kier molecular flexibility index (Phi) is 7.19. The van der Waals surface area contributed by atoms with Crippen molar-refractivity contribution < 1.29 is 14.3 Å². The van der Waals surface area contributed by atoms with E-state index >= 15 is 0 Å². The molecule has 0 aliphatic heterocycles. The van der Waals surface area contributed by atoms with E-state index in [4.69, 9.17) is 9.47 Å². The van der Waals surface area contributed by atoms with Crippen molar-refractivity contribution in [3.05, 3.63) is 53.6 Å². The molecule has 0 bridgehead atoms. The van der Waals surface area contributed by atoms with Crippen LogP contribution in [0.2, 0.25) is 0 Å². The molecule has 0 unspecified atom stereocenters. The molecule has 0 aliphatic carbocycles. The summed E-state index contributed by atoms with van der Waals surface area (Å²) in [6.07, 6.45) is 0.0817. The molecule has 2 rings (SSSR count). The van der Waals surface area contributed by atoms with Gasteiger partial charge in [-0.3, -0.25) is 4.79 Å². The zero-order valence-corrected chi connectivity index (χ0v) is 16.0. The van der Waals surface area contributed by atoms with E-state index in [1.165, 1.54) is 17.3 Å². The normalized spacial score (nSPS) is 10.6. The van der Waals surface area contributed by atoms with Crippen LogP contribution in [0.15, 0.2) is 47.4 Å². The van der Waals surface area contributed by atoms with Crippen LogP contribution < -0.4 is 14.8 Å². The van der Waals surface area contributed by atoms with Gasteiger partial charge in [0.15, 0.2) is 11.5 Å². The van der Waals surface area contributed by atoms with Crippen LogP contribution in [0.5, 0.6) is 11.5 Å². The zero-order chi connectivity index (χ0) is 18.2. The Morgan fingerprint density at radius 1 is 1.12 bits per heavy atom. The van der Waals surface area contributed by atoms with Gasteiger partial charge in [0, 0.05) is 11.4 Å². The van der Waals surface area contributed by atoms with Gasteiger partial charge in [-0.15, -0.1) is 11.8 Å². The number of rotatable bonds is 8. The third-order valence-corrected chi connectivity index (χ3v) is 4.48. The fraction of sp³-hybridized carbons (Fsp3) is 0.350. The van der Waals surface area contributed by atoms with E-state index in [1.807, 2.05) is 63.2 Å². The van der Waals surface area contributed by atoms with Crippen molar-refractivity contribution >= 4 is 17.7 Å². The van der Waals surface area contributed by atoms with Gasteiger partial charge in [-0.25, -0.2) is 0 Å². The smallest absolute Gasteiger partial charge is 0.230 e. The summed E-state index contributed by atoms with van der Waals surface area (Å²) in [5.41, 5.74) is 2.19. The van der Waals surface area contributed by atoms with Crippen molar-refractivity contribution in [1.29, 1.82) is 0 Å². The van der Waals surface area contributed by atoms with E-state index in [0.717, 1.165) is 10.5 Å². The molecule has 2 aromatic carbocycles. The number of hydrogen-bond donors (Lipinski definition) is 1. The summed E-state index contributed by atoms with van der Waals surface area (Å²) in [4.78, 5) is 13.1. The molecule has 0 heterocycles. The molecular formula is C20H25NO3S. The van der Waals surface area contributed by atoms with Gasteiger partial charge in [-0.2, -0.15) is 0 Å². The monoisotopic (exact) mass is 359 g/mol. The first kappa shape index (κ1) is 19.2. The summed E-state index contributed by atoms with van der Waals surface area (Å²) in [7, 11) is 1.61. The summed E-state index contributed by atoms with van der Waals surface area (Å²) in [5.74, 6) is 1.79. The van der Waals surface area contributed by atoms with Gasteiger partial charge in [0.05, 0.1) is 19.0 Å². The fourth-order valence-corrected chi connectivity index (χ4v) is 2.94. The van der Waals surface area contributed by atoms with Crippen LogP contribution in [0.3, 0.4) is 0 Å². The van der Waals surface area contributed by atoms with Gasteiger partial charge in [-0.1, -0.05) is 23.8 Å². The van der Waals surface area contributed by atoms with E-state index in [1.54, 1.807) is 7.11 Å². The van der Waals surface area contributed by atoms with Gasteiger partial charge < -0.3 is 14.8 Å². The lowest BCUT2D eigenvalue weighted by atomic mass is 10.2. The molecule has 0 atom stereocenters. The number of aryl methyl sites for hydroxylation is 1. The highest BCUT2D eigenvalue weighted by molar-refractivity contribution is 8.00. The second-order valence-electron chi connectivity index (χ2n) is 6.03. The van der Waals surface area contributed by atoms with Crippen LogP contribution in [0.4, 0.5) is 0 Å². The van der Waals surface area contributed by atoms with E-state index in [2.05, 4.69) is 5.32 Å². The average Bonchev–Trinajstić information content (AvgIpc) is 2.60. The molecule has 25 heavy (non-hydrogen) atoms.